The zero-order chi connectivity index (χ0) is 18.7. The minimum absolute atomic E-state index is 0.0439. The van der Waals surface area contributed by atoms with Crippen molar-refractivity contribution in [2.24, 2.45) is 11.8 Å². The Hall–Kier alpha value is -1.76. The normalized spacial score (nSPS) is 24.7. The van der Waals surface area contributed by atoms with Crippen LogP contribution in [0, 0.1) is 11.8 Å². The number of aliphatic hydroxyl groups is 1. The average molecular weight is 370 g/mol. The lowest BCUT2D eigenvalue weighted by atomic mass is 9.94. The summed E-state index contributed by atoms with van der Waals surface area (Å²) in [6.45, 7) is 1.41. The Labute approximate surface area is 151 Å². The van der Waals surface area contributed by atoms with E-state index in [1.54, 1.807) is 0 Å². The van der Waals surface area contributed by atoms with Crippen LogP contribution in [0.4, 0.5) is 18.9 Å². The van der Waals surface area contributed by atoms with Gasteiger partial charge in [0.15, 0.2) is 0 Å². The van der Waals surface area contributed by atoms with Crippen LogP contribution in [-0.4, -0.2) is 36.8 Å². The van der Waals surface area contributed by atoms with Crippen LogP contribution in [0.2, 0.25) is 0 Å². The number of halogens is 3. The first-order valence-corrected chi connectivity index (χ1v) is 9.22. The van der Waals surface area contributed by atoms with Gasteiger partial charge in [-0.15, -0.1) is 0 Å². The number of rotatable bonds is 4. The van der Waals surface area contributed by atoms with Gasteiger partial charge < -0.3 is 15.3 Å². The van der Waals surface area contributed by atoms with Crippen molar-refractivity contribution in [3.8, 4) is 0 Å². The molecule has 0 bridgehead atoms. The number of nitrogens with one attached hydrogen (secondary N) is 1. The van der Waals surface area contributed by atoms with E-state index in [9.17, 15) is 23.1 Å². The number of amides is 1. The molecule has 1 aliphatic carbocycles. The van der Waals surface area contributed by atoms with Gasteiger partial charge in [-0.2, -0.15) is 13.2 Å². The Bertz CT molecular complexity index is 610. The molecule has 3 rings (SSSR count). The highest BCUT2D eigenvalue weighted by atomic mass is 19.4. The smallest absolute Gasteiger partial charge is 0.396 e. The molecule has 26 heavy (non-hydrogen) atoms. The lowest BCUT2D eigenvalue weighted by Crippen LogP contribution is -2.45. The molecule has 0 radical (unpaired) electrons. The molecule has 2 aliphatic rings. The van der Waals surface area contributed by atoms with Crippen molar-refractivity contribution >= 4 is 11.6 Å². The molecule has 2 N–H and O–H groups in total. The number of anilines is 1. The quantitative estimate of drug-likeness (QED) is 0.856. The number of benzene rings is 1. The molecular weight excluding hydrogens is 345 g/mol. The SMILES string of the molecule is O=C(N[C@H]1CCC[C@H]1CO)C1CCN(c2ccc(C(F)(F)F)cc2)CC1. The Morgan fingerprint density at radius 1 is 1.12 bits per heavy atom. The van der Waals surface area contributed by atoms with Crippen LogP contribution in [-0.2, 0) is 11.0 Å². The first kappa shape index (κ1) is 19.0. The standard InChI is InChI=1S/C19H25F3N2O2/c20-19(21,22)15-4-6-16(7-5-15)24-10-8-13(9-11-24)18(26)23-17-3-1-2-14(17)12-25/h4-7,13-14,17,25H,1-3,8-12H2,(H,23,26)/t14-,17-/m0/s1. The molecular formula is C19H25F3N2O2. The average Bonchev–Trinajstić information content (AvgIpc) is 3.08. The minimum Gasteiger partial charge on any atom is -0.396 e. The van der Waals surface area contributed by atoms with Gasteiger partial charge in [-0.3, -0.25) is 4.79 Å². The number of carbonyl (C=O) groups is 1. The fraction of sp³-hybridized carbons (Fsp3) is 0.632. The second-order valence-corrected chi connectivity index (χ2v) is 7.29. The Morgan fingerprint density at radius 2 is 1.77 bits per heavy atom. The molecule has 0 spiro atoms. The lowest BCUT2D eigenvalue weighted by molar-refractivity contribution is -0.137. The van der Waals surface area contributed by atoms with Gasteiger partial charge in [0.2, 0.25) is 5.91 Å². The number of alkyl halides is 3. The molecule has 1 aliphatic heterocycles. The van der Waals surface area contributed by atoms with Crippen LogP contribution in [0.15, 0.2) is 24.3 Å². The second-order valence-electron chi connectivity index (χ2n) is 7.29. The second kappa shape index (κ2) is 7.86. The van der Waals surface area contributed by atoms with E-state index in [-0.39, 0.29) is 30.4 Å². The van der Waals surface area contributed by atoms with Crippen molar-refractivity contribution in [1.82, 2.24) is 5.32 Å². The summed E-state index contributed by atoms with van der Waals surface area (Å²) in [7, 11) is 0. The summed E-state index contributed by atoms with van der Waals surface area (Å²) in [6.07, 6.45) is -0.0548. The number of carbonyl (C=O) groups excluding carboxylic acids is 1. The summed E-state index contributed by atoms with van der Waals surface area (Å²) >= 11 is 0. The summed E-state index contributed by atoms with van der Waals surface area (Å²) in [6, 6.07) is 5.26. The fourth-order valence-electron chi connectivity index (χ4n) is 4.01. The fourth-order valence-corrected chi connectivity index (χ4v) is 4.01. The first-order chi connectivity index (χ1) is 12.4. The number of piperidine rings is 1. The van der Waals surface area contributed by atoms with Crippen molar-refractivity contribution in [1.29, 1.82) is 0 Å². The Morgan fingerprint density at radius 3 is 2.35 bits per heavy atom. The summed E-state index contributed by atoms with van der Waals surface area (Å²) < 4.78 is 37.9. The minimum atomic E-state index is -4.32. The van der Waals surface area contributed by atoms with Crippen LogP contribution in [0.5, 0.6) is 0 Å². The zero-order valence-corrected chi connectivity index (χ0v) is 14.6. The number of nitrogens with zero attached hydrogens (tertiary/aromatic N) is 1. The molecule has 1 amide bonds. The molecule has 0 unspecified atom stereocenters. The van der Waals surface area contributed by atoms with Gasteiger partial charge in [0.1, 0.15) is 0 Å². The molecule has 1 aromatic rings. The van der Waals surface area contributed by atoms with E-state index in [2.05, 4.69) is 5.32 Å². The van der Waals surface area contributed by atoms with Crippen molar-refractivity contribution in [2.45, 2.75) is 44.3 Å². The number of aliphatic hydroxyl groups excluding tert-OH is 1. The Balaban J connectivity index is 1.51. The van der Waals surface area contributed by atoms with Crippen molar-refractivity contribution in [3.63, 3.8) is 0 Å². The highest BCUT2D eigenvalue weighted by Gasteiger charge is 2.32. The molecule has 0 aromatic heterocycles. The third-order valence-electron chi connectivity index (χ3n) is 5.65. The van der Waals surface area contributed by atoms with Gasteiger partial charge in [-0.1, -0.05) is 6.42 Å². The van der Waals surface area contributed by atoms with E-state index in [0.29, 0.717) is 25.9 Å². The van der Waals surface area contributed by atoms with Crippen LogP contribution in [0.3, 0.4) is 0 Å². The summed E-state index contributed by atoms with van der Waals surface area (Å²) in [5.41, 5.74) is 0.110. The lowest BCUT2D eigenvalue weighted by Gasteiger charge is -2.34. The highest BCUT2D eigenvalue weighted by molar-refractivity contribution is 5.79. The summed E-state index contributed by atoms with van der Waals surface area (Å²) in [5, 5.41) is 12.4. The monoisotopic (exact) mass is 370 g/mol. The molecule has 1 heterocycles. The maximum Gasteiger partial charge on any atom is 0.416 e. The van der Waals surface area contributed by atoms with Gasteiger partial charge in [0, 0.05) is 43.3 Å². The molecule has 2 fully saturated rings. The van der Waals surface area contributed by atoms with Gasteiger partial charge in [-0.05, 0) is 49.9 Å². The first-order valence-electron chi connectivity index (χ1n) is 9.22. The molecule has 2 atom stereocenters. The van der Waals surface area contributed by atoms with E-state index in [4.69, 9.17) is 0 Å². The van der Waals surface area contributed by atoms with Crippen molar-refractivity contribution in [2.75, 3.05) is 24.6 Å². The Kier molecular flexibility index (Phi) is 5.75. The zero-order valence-electron chi connectivity index (χ0n) is 14.6. The third kappa shape index (κ3) is 4.31. The molecule has 144 valence electrons. The van der Waals surface area contributed by atoms with E-state index in [0.717, 1.165) is 37.1 Å². The topological polar surface area (TPSA) is 52.6 Å². The van der Waals surface area contributed by atoms with Crippen molar-refractivity contribution in [3.05, 3.63) is 29.8 Å². The van der Waals surface area contributed by atoms with Crippen LogP contribution >= 0.6 is 0 Å². The van der Waals surface area contributed by atoms with Gasteiger partial charge >= 0.3 is 6.18 Å². The maximum atomic E-state index is 12.6. The molecule has 1 aromatic carbocycles. The van der Waals surface area contributed by atoms with Gasteiger partial charge in [-0.25, -0.2) is 0 Å². The molecule has 1 saturated heterocycles. The van der Waals surface area contributed by atoms with E-state index >= 15 is 0 Å². The van der Waals surface area contributed by atoms with E-state index < -0.39 is 11.7 Å². The van der Waals surface area contributed by atoms with E-state index in [1.165, 1.54) is 12.1 Å². The predicted molar refractivity (Wildman–Crippen MR) is 92.7 cm³/mol. The van der Waals surface area contributed by atoms with Crippen LogP contribution in [0.1, 0.15) is 37.7 Å². The van der Waals surface area contributed by atoms with Crippen LogP contribution in [0.25, 0.3) is 0 Å². The molecule has 1 saturated carbocycles. The van der Waals surface area contributed by atoms with Gasteiger partial charge in [0.25, 0.3) is 0 Å². The third-order valence-corrected chi connectivity index (χ3v) is 5.65. The molecule has 7 heteroatoms. The number of hydrogen-bond donors (Lipinski definition) is 2. The molecule has 4 nitrogen and oxygen atoms in total. The maximum absolute atomic E-state index is 12.6. The number of hydrogen-bond acceptors (Lipinski definition) is 3. The summed E-state index contributed by atoms with van der Waals surface area (Å²) in [5.74, 6) is 0.134. The summed E-state index contributed by atoms with van der Waals surface area (Å²) in [4.78, 5) is 14.5. The van der Waals surface area contributed by atoms with Gasteiger partial charge in [0.05, 0.1) is 5.56 Å². The highest BCUT2D eigenvalue weighted by Crippen LogP contribution is 2.32. The van der Waals surface area contributed by atoms with Crippen molar-refractivity contribution < 1.29 is 23.1 Å². The predicted octanol–water partition coefficient (Wildman–Crippen LogP) is 3.20. The van der Waals surface area contributed by atoms with Crippen LogP contribution < -0.4 is 10.2 Å². The largest absolute Gasteiger partial charge is 0.416 e. The van der Waals surface area contributed by atoms with E-state index in [1.807, 2.05) is 4.90 Å².